The second-order valence-electron chi connectivity index (χ2n) is 6.73. The number of nitrogens with zero attached hydrogens (tertiary/aromatic N) is 4. The van der Waals surface area contributed by atoms with Gasteiger partial charge in [0.2, 0.25) is 16.3 Å². The van der Waals surface area contributed by atoms with Crippen molar-refractivity contribution in [3.63, 3.8) is 0 Å². The summed E-state index contributed by atoms with van der Waals surface area (Å²) < 4.78 is 5.24. The Morgan fingerprint density at radius 1 is 1.25 bits per heavy atom. The van der Waals surface area contributed by atoms with Gasteiger partial charge >= 0.3 is 5.88 Å². The number of hydrogen-bond donors (Lipinski definition) is 1. The minimum atomic E-state index is -0.343. The first-order valence-corrected chi connectivity index (χ1v) is 10.4. The number of rotatable bonds is 7. The molecular formula is C19H26N5O3S+. The van der Waals surface area contributed by atoms with Crippen LogP contribution in [-0.4, -0.2) is 59.7 Å². The number of aromatic nitrogens is 2. The standard InChI is InChI=1S/C19H25N5O3S/c1-3-22-9-11-23(12-10-22)24-13-17(27-21-24)20-18(25)15(2)14-28-19(26)16-7-5-4-6-8-16/h4-8,13,15H,3,9-12,14H2,1-2H3/p+1/t15-/m1/s1. The number of carbonyl (C=O) groups is 2. The minimum Gasteiger partial charge on any atom is -0.300 e. The van der Waals surface area contributed by atoms with Gasteiger partial charge in [-0.1, -0.05) is 55.9 Å². The zero-order chi connectivity index (χ0) is 19.9. The number of anilines is 1. The normalized spacial score (nSPS) is 16.0. The summed E-state index contributed by atoms with van der Waals surface area (Å²) in [6.45, 7) is 8.64. The van der Waals surface area contributed by atoms with Crippen molar-refractivity contribution in [1.82, 2.24) is 10.2 Å². The maximum atomic E-state index is 12.4. The SMILES string of the molecule is CCN1CCN([n+]2cc(NC(=O)[C@H](C)CSC(=O)c3ccccc3)on2)CC1. The van der Waals surface area contributed by atoms with Crippen LogP contribution in [0.5, 0.6) is 0 Å². The number of likely N-dealkylation sites (N-methyl/N-ethyl adjacent to an activating group) is 1. The van der Waals surface area contributed by atoms with E-state index in [1.54, 1.807) is 30.0 Å². The van der Waals surface area contributed by atoms with Gasteiger partial charge in [0.05, 0.1) is 17.9 Å². The quantitative estimate of drug-likeness (QED) is 0.698. The third kappa shape index (κ3) is 5.32. The van der Waals surface area contributed by atoms with Crippen LogP contribution in [0, 0.1) is 5.92 Å². The Bertz CT molecular complexity index is 790. The lowest BCUT2D eigenvalue weighted by atomic mass is 10.2. The highest BCUT2D eigenvalue weighted by atomic mass is 32.2. The monoisotopic (exact) mass is 404 g/mol. The lowest BCUT2D eigenvalue weighted by molar-refractivity contribution is -0.759. The number of hydrogen-bond acceptors (Lipinski definition) is 7. The largest absolute Gasteiger partial charge is 0.305 e. The minimum absolute atomic E-state index is 0.0380. The highest BCUT2D eigenvalue weighted by Crippen LogP contribution is 2.17. The Balaban J connectivity index is 1.46. The predicted octanol–water partition coefficient (Wildman–Crippen LogP) is 1.38. The average Bonchev–Trinajstić information content (AvgIpc) is 3.20. The van der Waals surface area contributed by atoms with Gasteiger partial charge in [-0.25, -0.2) is 0 Å². The van der Waals surface area contributed by atoms with Gasteiger partial charge in [-0.2, -0.15) is 5.01 Å². The molecule has 28 heavy (non-hydrogen) atoms. The van der Waals surface area contributed by atoms with Crippen LogP contribution in [0.1, 0.15) is 24.2 Å². The Morgan fingerprint density at radius 2 is 1.96 bits per heavy atom. The Morgan fingerprint density at radius 3 is 2.64 bits per heavy atom. The van der Waals surface area contributed by atoms with E-state index >= 15 is 0 Å². The van der Waals surface area contributed by atoms with E-state index in [-0.39, 0.29) is 16.9 Å². The number of amides is 1. The van der Waals surface area contributed by atoms with Gasteiger partial charge in [0.15, 0.2) is 0 Å². The molecule has 0 saturated carbocycles. The summed E-state index contributed by atoms with van der Waals surface area (Å²) in [4.78, 5) is 28.5. The van der Waals surface area contributed by atoms with Crippen LogP contribution < -0.4 is 15.1 Å². The first-order chi connectivity index (χ1) is 13.6. The fraction of sp³-hybridized carbons (Fsp3) is 0.474. The summed E-state index contributed by atoms with van der Waals surface area (Å²) in [6.07, 6.45) is 1.68. The maximum Gasteiger partial charge on any atom is 0.305 e. The second kappa shape index (κ2) is 9.70. The molecule has 0 radical (unpaired) electrons. The zero-order valence-electron chi connectivity index (χ0n) is 16.2. The molecule has 1 aliphatic heterocycles. The lowest BCUT2D eigenvalue weighted by Crippen LogP contribution is -2.65. The molecule has 1 amide bonds. The van der Waals surface area contributed by atoms with Gasteiger partial charge in [0.1, 0.15) is 0 Å². The molecule has 1 atom stereocenters. The van der Waals surface area contributed by atoms with E-state index < -0.39 is 0 Å². The predicted molar refractivity (Wildman–Crippen MR) is 108 cm³/mol. The van der Waals surface area contributed by atoms with Gasteiger partial charge in [-0.05, 0) is 6.54 Å². The van der Waals surface area contributed by atoms with Gasteiger partial charge < -0.3 is 0 Å². The van der Waals surface area contributed by atoms with Crippen molar-refractivity contribution in [1.29, 1.82) is 0 Å². The summed E-state index contributed by atoms with van der Waals surface area (Å²) in [6, 6.07) is 9.06. The Labute approximate surface area is 168 Å². The van der Waals surface area contributed by atoms with Crippen LogP contribution in [0.25, 0.3) is 0 Å². The highest BCUT2D eigenvalue weighted by molar-refractivity contribution is 8.14. The maximum absolute atomic E-state index is 12.4. The van der Waals surface area contributed by atoms with Crippen LogP contribution in [0.3, 0.4) is 0 Å². The average molecular weight is 405 g/mol. The first kappa shape index (κ1) is 20.3. The number of piperazine rings is 1. The molecule has 9 heteroatoms. The van der Waals surface area contributed by atoms with E-state index in [4.69, 9.17) is 4.52 Å². The molecule has 3 rings (SSSR count). The molecule has 0 aliphatic carbocycles. The summed E-state index contributed by atoms with van der Waals surface area (Å²) in [5, 5.41) is 8.76. The topological polar surface area (TPSA) is 82.6 Å². The Hall–Kier alpha value is -2.39. The fourth-order valence-corrected chi connectivity index (χ4v) is 3.72. The van der Waals surface area contributed by atoms with E-state index in [9.17, 15) is 9.59 Å². The van der Waals surface area contributed by atoms with Crippen LogP contribution in [0.15, 0.2) is 41.1 Å². The molecule has 2 aromatic rings. The summed E-state index contributed by atoms with van der Waals surface area (Å²) in [5.74, 6) is 0.151. The van der Waals surface area contributed by atoms with Crippen LogP contribution in [-0.2, 0) is 4.79 Å². The first-order valence-electron chi connectivity index (χ1n) is 9.46. The van der Waals surface area contributed by atoms with E-state index in [1.807, 2.05) is 18.2 Å². The molecule has 2 heterocycles. The second-order valence-corrected chi connectivity index (χ2v) is 7.72. The van der Waals surface area contributed by atoms with E-state index in [0.717, 1.165) is 44.5 Å². The molecule has 1 aromatic carbocycles. The van der Waals surface area contributed by atoms with Gasteiger partial charge in [-0.15, -0.1) is 0 Å². The third-order valence-electron chi connectivity index (χ3n) is 4.71. The third-order valence-corrected chi connectivity index (χ3v) is 5.87. The van der Waals surface area contributed by atoms with E-state index in [2.05, 4.69) is 27.4 Å². The molecule has 8 nitrogen and oxygen atoms in total. The van der Waals surface area contributed by atoms with Crippen molar-refractivity contribution in [2.45, 2.75) is 13.8 Å². The summed E-state index contributed by atoms with van der Waals surface area (Å²) in [5.41, 5.74) is 0.638. The van der Waals surface area contributed by atoms with Crippen molar-refractivity contribution in [3.8, 4) is 0 Å². The molecule has 0 bridgehead atoms. The van der Waals surface area contributed by atoms with E-state index in [1.165, 1.54) is 0 Å². The zero-order valence-corrected chi connectivity index (χ0v) is 17.0. The molecule has 0 spiro atoms. The van der Waals surface area contributed by atoms with Crippen molar-refractivity contribution in [2.75, 3.05) is 48.8 Å². The van der Waals surface area contributed by atoms with Crippen LogP contribution in [0.4, 0.5) is 5.88 Å². The van der Waals surface area contributed by atoms with Crippen molar-refractivity contribution in [2.24, 2.45) is 5.92 Å². The number of nitrogens with one attached hydrogen (secondary N) is 1. The number of thioether (sulfide) groups is 1. The Kier molecular flexibility index (Phi) is 7.05. The van der Waals surface area contributed by atoms with Crippen molar-refractivity contribution < 1.29 is 18.9 Å². The van der Waals surface area contributed by atoms with E-state index in [0.29, 0.717) is 17.2 Å². The fourth-order valence-electron chi connectivity index (χ4n) is 2.86. The van der Waals surface area contributed by atoms with Crippen LogP contribution >= 0.6 is 11.8 Å². The van der Waals surface area contributed by atoms with Gasteiger partial charge in [0.25, 0.3) is 6.20 Å². The van der Waals surface area contributed by atoms with Crippen molar-refractivity contribution in [3.05, 3.63) is 42.1 Å². The molecule has 1 N–H and O–H groups in total. The van der Waals surface area contributed by atoms with Crippen molar-refractivity contribution >= 4 is 28.7 Å². The molecule has 1 aromatic heterocycles. The van der Waals surface area contributed by atoms with Gasteiger partial charge in [0, 0.05) is 30.3 Å². The smallest absolute Gasteiger partial charge is 0.300 e. The molecule has 150 valence electrons. The molecule has 1 fully saturated rings. The summed E-state index contributed by atoms with van der Waals surface area (Å²) in [7, 11) is 0. The summed E-state index contributed by atoms with van der Waals surface area (Å²) >= 11 is 1.14. The lowest BCUT2D eigenvalue weighted by Gasteiger charge is -2.28. The molecule has 1 aliphatic rings. The highest BCUT2D eigenvalue weighted by Gasteiger charge is 2.26. The van der Waals surface area contributed by atoms with Crippen LogP contribution in [0.2, 0.25) is 0 Å². The number of benzene rings is 1. The molecule has 1 saturated heterocycles. The molecular weight excluding hydrogens is 378 g/mol. The van der Waals surface area contributed by atoms with Gasteiger partial charge in [-0.3, -0.25) is 24.3 Å². The number of carbonyl (C=O) groups excluding carboxylic acids is 2. The molecule has 0 unspecified atom stereocenters.